The summed E-state index contributed by atoms with van der Waals surface area (Å²) in [5.74, 6) is 1.68. The molecular formula is C11H19NOS. The first kappa shape index (κ1) is 10.5. The van der Waals surface area contributed by atoms with Crippen molar-refractivity contribution in [3.8, 4) is 0 Å². The fourth-order valence-corrected chi connectivity index (χ4v) is 3.47. The number of thioether (sulfide) groups is 1. The van der Waals surface area contributed by atoms with Gasteiger partial charge in [-0.3, -0.25) is 0 Å². The lowest BCUT2D eigenvalue weighted by atomic mass is 10.1. The molecule has 0 aromatic carbocycles. The molecule has 2 aliphatic rings. The summed E-state index contributed by atoms with van der Waals surface area (Å²) in [7, 11) is 0. The Bertz CT molecular complexity index is 219. The summed E-state index contributed by atoms with van der Waals surface area (Å²) < 4.78 is 0. The fraction of sp³-hybridized carbons (Fsp3) is 0.818. The second-order valence-corrected chi connectivity index (χ2v) is 5.79. The highest BCUT2D eigenvalue weighted by Crippen LogP contribution is 2.28. The van der Waals surface area contributed by atoms with Gasteiger partial charge in [-0.25, -0.2) is 0 Å². The summed E-state index contributed by atoms with van der Waals surface area (Å²) in [6.07, 6.45) is 6.73. The highest BCUT2D eigenvalue weighted by Gasteiger charge is 2.27. The third-order valence-corrected chi connectivity index (χ3v) is 4.54. The fourth-order valence-electron chi connectivity index (χ4n) is 2.26. The summed E-state index contributed by atoms with van der Waals surface area (Å²) in [5.41, 5.74) is 0. The topological polar surface area (TPSA) is 32.3 Å². The van der Waals surface area contributed by atoms with Gasteiger partial charge in [0.25, 0.3) is 0 Å². The lowest BCUT2D eigenvalue weighted by Crippen LogP contribution is -2.39. The van der Waals surface area contributed by atoms with Gasteiger partial charge in [0.2, 0.25) is 0 Å². The van der Waals surface area contributed by atoms with Crippen LogP contribution >= 0.6 is 11.8 Å². The van der Waals surface area contributed by atoms with Gasteiger partial charge in [-0.1, -0.05) is 19.1 Å². The molecule has 0 saturated carbocycles. The van der Waals surface area contributed by atoms with Crippen LogP contribution in [0.25, 0.3) is 0 Å². The van der Waals surface area contributed by atoms with Gasteiger partial charge in [0.1, 0.15) is 0 Å². The molecular weight excluding hydrogens is 194 g/mol. The molecule has 2 rings (SSSR count). The van der Waals surface area contributed by atoms with Crippen LogP contribution in [0.15, 0.2) is 12.2 Å². The molecule has 0 spiro atoms. The Kier molecular flexibility index (Phi) is 3.52. The Morgan fingerprint density at radius 2 is 2.36 bits per heavy atom. The summed E-state index contributed by atoms with van der Waals surface area (Å²) in [5, 5.41) is 13.4. The van der Waals surface area contributed by atoms with Crippen molar-refractivity contribution in [1.29, 1.82) is 0 Å². The maximum absolute atomic E-state index is 9.01. The third-order valence-electron chi connectivity index (χ3n) is 3.21. The van der Waals surface area contributed by atoms with E-state index in [4.69, 9.17) is 5.11 Å². The summed E-state index contributed by atoms with van der Waals surface area (Å²) in [6, 6.07) is 1.17. The largest absolute Gasteiger partial charge is 0.396 e. The van der Waals surface area contributed by atoms with Gasteiger partial charge in [-0.05, 0) is 18.6 Å². The highest BCUT2D eigenvalue weighted by molar-refractivity contribution is 8.00. The number of rotatable bonds is 3. The standard InChI is InChI=1S/C11H19NOS/c1-8-11(4-5-14-8)12-10-3-2-9(6-10)7-13/h2-3,8-13H,4-7H2,1H3/t8?,9-,10+,11?/m0/s1. The normalized spacial score (nSPS) is 42.1. The van der Waals surface area contributed by atoms with Crippen LogP contribution in [-0.2, 0) is 0 Å². The maximum Gasteiger partial charge on any atom is 0.0494 e. The van der Waals surface area contributed by atoms with Crippen LogP contribution in [0.4, 0.5) is 0 Å². The van der Waals surface area contributed by atoms with E-state index >= 15 is 0 Å². The molecule has 80 valence electrons. The maximum atomic E-state index is 9.01. The SMILES string of the molecule is CC1SCCC1N[C@@H]1C=C[C@H](CO)C1. The highest BCUT2D eigenvalue weighted by atomic mass is 32.2. The molecule has 0 radical (unpaired) electrons. The minimum Gasteiger partial charge on any atom is -0.396 e. The van der Waals surface area contributed by atoms with Gasteiger partial charge < -0.3 is 10.4 Å². The molecule has 4 atom stereocenters. The monoisotopic (exact) mass is 213 g/mol. The van der Waals surface area contributed by atoms with E-state index < -0.39 is 0 Å². The zero-order valence-corrected chi connectivity index (χ0v) is 9.46. The third kappa shape index (κ3) is 2.33. The quantitative estimate of drug-likeness (QED) is 0.695. The van der Waals surface area contributed by atoms with Crippen molar-refractivity contribution in [3.05, 3.63) is 12.2 Å². The molecule has 1 heterocycles. The van der Waals surface area contributed by atoms with Crippen molar-refractivity contribution < 1.29 is 5.11 Å². The average molecular weight is 213 g/mol. The number of aliphatic hydroxyl groups excluding tert-OH is 1. The van der Waals surface area contributed by atoms with Crippen LogP contribution in [0.5, 0.6) is 0 Å². The van der Waals surface area contributed by atoms with Crippen LogP contribution in [0, 0.1) is 5.92 Å². The zero-order chi connectivity index (χ0) is 9.97. The summed E-state index contributed by atoms with van der Waals surface area (Å²) >= 11 is 2.06. The van der Waals surface area contributed by atoms with E-state index in [0.29, 0.717) is 24.6 Å². The molecule has 2 unspecified atom stereocenters. The van der Waals surface area contributed by atoms with Crippen LogP contribution in [-0.4, -0.2) is 34.8 Å². The van der Waals surface area contributed by atoms with E-state index in [0.717, 1.165) is 11.7 Å². The van der Waals surface area contributed by atoms with Gasteiger partial charge in [0.05, 0.1) is 0 Å². The van der Waals surface area contributed by atoms with E-state index in [9.17, 15) is 0 Å². The molecule has 1 fully saturated rings. The Labute approximate surface area is 90.2 Å². The first-order valence-corrected chi connectivity index (χ1v) is 6.51. The van der Waals surface area contributed by atoms with Gasteiger partial charge in [-0.2, -0.15) is 11.8 Å². The lowest BCUT2D eigenvalue weighted by molar-refractivity contribution is 0.244. The molecule has 2 N–H and O–H groups in total. The van der Waals surface area contributed by atoms with Crippen LogP contribution in [0.3, 0.4) is 0 Å². The van der Waals surface area contributed by atoms with E-state index in [1.807, 2.05) is 0 Å². The first-order valence-electron chi connectivity index (χ1n) is 5.46. The van der Waals surface area contributed by atoms with Crippen LogP contribution < -0.4 is 5.32 Å². The van der Waals surface area contributed by atoms with Crippen molar-refractivity contribution >= 4 is 11.8 Å². The Morgan fingerprint density at radius 3 is 2.93 bits per heavy atom. The minimum absolute atomic E-state index is 0.295. The number of nitrogens with one attached hydrogen (secondary N) is 1. The molecule has 1 saturated heterocycles. The molecule has 14 heavy (non-hydrogen) atoms. The average Bonchev–Trinajstić information content (AvgIpc) is 2.77. The van der Waals surface area contributed by atoms with E-state index in [-0.39, 0.29) is 0 Å². The van der Waals surface area contributed by atoms with Crippen molar-refractivity contribution in [2.24, 2.45) is 5.92 Å². The van der Waals surface area contributed by atoms with Gasteiger partial charge in [0.15, 0.2) is 0 Å². The lowest BCUT2D eigenvalue weighted by Gasteiger charge is -2.21. The molecule has 0 bridgehead atoms. The Morgan fingerprint density at radius 1 is 1.50 bits per heavy atom. The molecule has 2 nitrogen and oxygen atoms in total. The minimum atomic E-state index is 0.295. The van der Waals surface area contributed by atoms with Crippen LogP contribution in [0.2, 0.25) is 0 Å². The number of hydrogen-bond acceptors (Lipinski definition) is 3. The van der Waals surface area contributed by atoms with E-state index in [2.05, 4.69) is 36.2 Å². The van der Waals surface area contributed by atoms with Gasteiger partial charge in [-0.15, -0.1) is 0 Å². The smallest absolute Gasteiger partial charge is 0.0494 e. The van der Waals surface area contributed by atoms with E-state index in [1.54, 1.807) is 0 Å². The van der Waals surface area contributed by atoms with Crippen LogP contribution in [0.1, 0.15) is 19.8 Å². The second kappa shape index (κ2) is 4.69. The predicted molar refractivity (Wildman–Crippen MR) is 61.6 cm³/mol. The molecule has 1 aliphatic carbocycles. The van der Waals surface area contributed by atoms with Gasteiger partial charge in [0, 0.05) is 29.9 Å². The van der Waals surface area contributed by atoms with Crippen molar-refractivity contribution in [2.45, 2.75) is 37.1 Å². The van der Waals surface area contributed by atoms with Crippen molar-refractivity contribution in [2.75, 3.05) is 12.4 Å². The predicted octanol–water partition coefficient (Wildman–Crippen LogP) is 1.41. The van der Waals surface area contributed by atoms with Crippen molar-refractivity contribution in [3.63, 3.8) is 0 Å². The summed E-state index contributed by atoms with van der Waals surface area (Å²) in [6.45, 7) is 2.60. The first-order chi connectivity index (χ1) is 6.79. The molecule has 3 heteroatoms. The summed E-state index contributed by atoms with van der Waals surface area (Å²) in [4.78, 5) is 0. The second-order valence-electron chi connectivity index (χ2n) is 4.31. The van der Waals surface area contributed by atoms with E-state index in [1.165, 1.54) is 12.2 Å². The van der Waals surface area contributed by atoms with Gasteiger partial charge >= 0.3 is 0 Å². The molecule has 1 aliphatic heterocycles. The molecule has 0 amide bonds. The van der Waals surface area contributed by atoms with Crippen molar-refractivity contribution in [1.82, 2.24) is 5.32 Å². The molecule has 0 aromatic rings. The number of hydrogen-bond donors (Lipinski definition) is 2. The Hall–Kier alpha value is 0.01000. The molecule has 0 aromatic heterocycles. The Balaban J connectivity index is 1.79. The zero-order valence-electron chi connectivity index (χ0n) is 8.65. The number of aliphatic hydroxyl groups is 1.